The molecule has 80 valence electrons. The van der Waals surface area contributed by atoms with E-state index in [0.29, 0.717) is 5.92 Å². The van der Waals surface area contributed by atoms with Gasteiger partial charge in [-0.25, -0.2) is 4.79 Å². The highest BCUT2D eigenvalue weighted by atomic mass is 16.5. The lowest BCUT2D eigenvalue weighted by Crippen LogP contribution is -2.01. The number of hydrogen-bond donors (Lipinski definition) is 0. The van der Waals surface area contributed by atoms with E-state index in [-0.39, 0.29) is 5.97 Å². The molecule has 15 heavy (non-hydrogen) atoms. The van der Waals surface area contributed by atoms with Crippen molar-refractivity contribution in [2.45, 2.75) is 13.8 Å². The summed E-state index contributed by atoms with van der Waals surface area (Å²) in [6.45, 7) is 4.11. The Balaban J connectivity index is 3.04. The Morgan fingerprint density at radius 1 is 1.27 bits per heavy atom. The second-order valence-electron chi connectivity index (χ2n) is 3.64. The minimum Gasteiger partial charge on any atom is -0.466 e. The van der Waals surface area contributed by atoms with Crippen molar-refractivity contribution in [3.05, 3.63) is 42.0 Å². The maximum absolute atomic E-state index is 11.2. The molecule has 0 fully saturated rings. The van der Waals surface area contributed by atoms with Crippen LogP contribution in [0.15, 0.2) is 36.4 Å². The molecule has 2 nitrogen and oxygen atoms in total. The van der Waals surface area contributed by atoms with Gasteiger partial charge in [-0.05, 0) is 17.1 Å². The normalized spacial score (nSPS) is 11.6. The molecule has 0 radical (unpaired) electrons. The zero-order chi connectivity index (χ0) is 11.3. The van der Waals surface area contributed by atoms with E-state index in [1.807, 2.05) is 30.3 Å². The van der Waals surface area contributed by atoms with Crippen molar-refractivity contribution in [1.82, 2.24) is 0 Å². The predicted molar refractivity (Wildman–Crippen MR) is 61.3 cm³/mol. The van der Waals surface area contributed by atoms with Crippen LogP contribution in [0.4, 0.5) is 0 Å². The fourth-order valence-corrected chi connectivity index (χ4v) is 1.40. The Morgan fingerprint density at radius 3 is 2.33 bits per heavy atom. The van der Waals surface area contributed by atoms with Crippen molar-refractivity contribution >= 4 is 11.5 Å². The van der Waals surface area contributed by atoms with Gasteiger partial charge in [0.05, 0.1) is 7.11 Å². The lowest BCUT2D eigenvalue weighted by Gasteiger charge is -2.10. The molecule has 0 aliphatic heterocycles. The van der Waals surface area contributed by atoms with E-state index in [4.69, 9.17) is 0 Å². The molecule has 2 heteroatoms. The SMILES string of the molecule is COC(=O)/C=C(/c1ccccc1)C(C)C. The average molecular weight is 204 g/mol. The molecule has 0 saturated carbocycles. The van der Waals surface area contributed by atoms with Crippen molar-refractivity contribution in [2.75, 3.05) is 7.11 Å². The first-order valence-electron chi connectivity index (χ1n) is 5.00. The lowest BCUT2D eigenvalue weighted by atomic mass is 9.95. The monoisotopic (exact) mass is 204 g/mol. The molecule has 1 aromatic rings. The Labute approximate surface area is 90.6 Å². The van der Waals surface area contributed by atoms with E-state index in [2.05, 4.69) is 18.6 Å². The van der Waals surface area contributed by atoms with Crippen molar-refractivity contribution in [2.24, 2.45) is 5.92 Å². The van der Waals surface area contributed by atoms with Gasteiger partial charge in [-0.1, -0.05) is 44.2 Å². The summed E-state index contributed by atoms with van der Waals surface area (Å²) >= 11 is 0. The first-order valence-corrected chi connectivity index (χ1v) is 5.00. The number of carbonyl (C=O) groups is 1. The molecule has 0 N–H and O–H groups in total. The van der Waals surface area contributed by atoms with Crippen LogP contribution in [-0.4, -0.2) is 13.1 Å². The number of rotatable bonds is 3. The standard InChI is InChI=1S/C13H16O2/c1-10(2)12(9-13(14)15-3)11-7-5-4-6-8-11/h4-10H,1-3H3/b12-9+. The van der Waals surface area contributed by atoms with E-state index < -0.39 is 0 Å². The van der Waals surface area contributed by atoms with Crippen LogP contribution in [0.2, 0.25) is 0 Å². The third-order valence-corrected chi connectivity index (χ3v) is 2.20. The van der Waals surface area contributed by atoms with Gasteiger partial charge in [-0.3, -0.25) is 0 Å². The summed E-state index contributed by atoms with van der Waals surface area (Å²) in [5.41, 5.74) is 2.07. The third kappa shape index (κ3) is 3.24. The summed E-state index contributed by atoms with van der Waals surface area (Å²) in [7, 11) is 1.39. The Morgan fingerprint density at radius 2 is 1.87 bits per heavy atom. The van der Waals surface area contributed by atoms with Crippen LogP contribution >= 0.6 is 0 Å². The molecule has 0 atom stereocenters. The Hall–Kier alpha value is -1.57. The molecule has 0 aliphatic carbocycles. The highest BCUT2D eigenvalue weighted by Crippen LogP contribution is 2.22. The van der Waals surface area contributed by atoms with Crippen LogP contribution in [0.1, 0.15) is 19.4 Å². The quantitative estimate of drug-likeness (QED) is 0.559. The fourth-order valence-electron chi connectivity index (χ4n) is 1.40. The maximum Gasteiger partial charge on any atom is 0.330 e. The van der Waals surface area contributed by atoms with Crippen LogP contribution in [0, 0.1) is 5.92 Å². The number of benzene rings is 1. The molecule has 0 saturated heterocycles. The van der Waals surface area contributed by atoms with Gasteiger partial charge >= 0.3 is 5.97 Å². The highest BCUT2D eigenvalue weighted by molar-refractivity contribution is 5.91. The summed E-state index contributed by atoms with van der Waals surface area (Å²) in [6, 6.07) is 9.87. The van der Waals surface area contributed by atoms with E-state index in [0.717, 1.165) is 11.1 Å². The lowest BCUT2D eigenvalue weighted by molar-refractivity contribution is -0.134. The average Bonchev–Trinajstić information content (AvgIpc) is 2.26. The fraction of sp³-hybridized carbons (Fsp3) is 0.308. The van der Waals surface area contributed by atoms with Crippen molar-refractivity contribution in [3.8, 4) is 0 Å². The molecular weight excluding hydrogens is 188 g/mol. The van der Waals surface area contributed by atoms with E-state index in [9.17, 15) is 4.79 Å². The number of allylic oxidation sites excluding steroid dienone is 1. The number of esters is 1. The molecule has 0 heterocycles. The number of carbonyl (C=O) groups excluding carboxylic acids is 1. The third-order valence-electron chi connectivity index (χ3n) is 2.20. The largest absolute Gasteiger partial charge is 0.466 e. The highest BCUT2D eigenvalue weighted by Gasteiger charge is 2.08. The number of ether oxygens (including phenoxy) is 1. The molecule has 0 spiro atoms. The summed E-state index contributed by atoms with van der Waals surface area (Å²) in [5.74, 6) is -0.00551. The summed E-state index contributed by atoms with van der Waals surface area (Å²) < 4.78 is 4.64. The van der Waals surface area contributed by atoms with E-state index in [1.54, 1.807) is 6.08 Å². The van der Waals surface area contributed by atoms with Gasteiger partial charge in [0.15, 0.2) is 0 Å². The van der Waals surface area contributed by atoms with E-state index >= 15 is 0 Å². The van der Waals surface area contributed by atoms with Crippen LogP contribution < -0.4 is 0 Å². The molecule has 0 unspecified atom stereocenters. The zero-order valence-electron chi connectivity index (χ0n) is 9.36. The molecule has 1 rings (SSSR count). The van der Waals surface area contributed by atoms with Crippen LogP contribution in [-0.2, 0) is 9.53 Å². The zero-order valence-corrected chi connectivity index (χ0v) is 9.36. The van der Waals surface area contributed by atoms with E-state index in [1.165, 1.54) is 7.11 Å². The molecule has 0 aliphatic rings. The summed E-state index contributed by atoms with van der Waals surface area (Å²) in [5, 5.41) is 0. The van der Waals surface area contributed by atoms with Crippen molar-refractivity contribution in [3.63, 3.8) is 0 Å². The predicted octanol–water partition coefficient (Wildman–Crippen LogP) is 2.90. The van der Waals surface area contributed by atoms with Gasteiger partial charge in [0.25, 0.3) is 0 Å². The number of methoxy groups -OCH3 is 1. The van der Waals surface area contributed by atoms with Gasteiger partial charge in [0.2, 0.25) is 0 Å². The van der Waals surface area contributed by atoms with Gasteiger partial charge in [-0.2, -0.15) is 0 Å². The Bertz CT molecular complexity index is 350. The second kappa shape index (κ2) is 5.35. The molecule has 0 aromatic heterocycles. The van der Waals surface area contributed by atoms with Gasteiger partial charge < -0.3 is 4.74 Å². The smallest absolute Gasteiger partial charge is 0.330 e. The van der Waals surface area contributed by atoms with Gasteiger partial charge in [0.1, 0.15) is 0 Å². The van der Waals surface area contributed by atoms with Crippen LogP contribution in [0.3, 0.4) is 0 Å². The summed E-state index contributed by atoms with van der Waals surface area (Å²) in [6.07, 6.45) is 1.56. The maximum atomic E-state index is 11.2. The van der Waals surface area contributed by atoms with Gasteiger partial charge in [0, 0.05) is 6.08 Å². The molecule has 0 bridgehead atoms. The second-order valence-corrected chi connectivity index (χ2v) is 3.64. The van der Waals surface area contributed by atoms with Crippen LogP contribution in [0.25, 0.3) is 5.57 Å². The molecule has 1 aromatic carbocycles. The number of hydrogen-bond acceptors (Lipinski definition) is 2. The Kier molecular flexibility index (Phi) is 4.10. The van der Waals surface area contributed by atoms with Crippen molar-refractivity contribution in [1.29, 1.82) is 0 Å². The van der Waals surface area contributed by atoms with Crippen molar-refractivity contribution < 1.29 is 9.53 Å². The van der Waals surface area contributed by atoms with Crippen LogP contribution in [0.5, 0.6) is 0 Å². The summed E-state index contributed by atoms with van der Waals surface area (Å²) in [4.78, 5) is 11.2. The molecular formula is C13H16O2. The van der Waals surface area contributed by atoms with Gasteiger partial charge in [-0.15, -0.1) is 0 Å². The first kappa shape index (κ1) is 11.5. The topological polar surface area (TPSA) is 26.3 Å². The minimum atomic E-state index is -0.303. The minimum absolute atomic E-state index is 0.298. The molecule has 0 amide bonds. The first-order chi connectivity index (χ1) is 7.15.